The van der Waals surface area contributed by atoms with Crippen LogP contribution in [0.25, 0.3) is 0 Å². The molecule has 1 unspecified atom stereocenters. The molecule has 2 heteroatoms. The summed E-state index contributed by atoms with van der Waals surface area (Å²) in [4.78, 5) is 0. The summed E-state index contributed by atoms with van der Waals surface area (Å²) < 4.78 is 0. The SMILES string of the molecule is CC#CCCSC(C)CO. The standard InChI is InChI=1S/C8H14OS/c1-3-4-5-6-10-8(2)7-9/h8-9H,5-7H2,1-2H3. The van der Waals surface area contributed by atoms with E-state index >= 15 is 0 Å². The van der Waals surface area contributed by atoms with Crippen molar-refractivity contribution in [2.45, 2.75) is 25.5 Å². The van der Waals surface area contributed by atoms with Crippen LogP contribution in [0.15, 0.2) is 0 Å². The monoisotopic (exact) mass is 158 g/mol. The molecule has 0 heterocycles. The molecular weight excluding hydrogens is 144 g/mol. The van der Waals surface area contributed by atoms with Gasteiger partial charge in [-0.05, 0) is 6.92 Å². The lowest BCUT2D eigenvalue weighted by atomic mass is 10.5. The lowest BCUT2D eigenvalue weighted by molar-refractivity contribution is 0.300. The first kappa shape index (κ1) is 9.87. The molecule has 0 bridgehead atoms. The zero-order chi connectivity index (χ0) is 7.82. The highest BCUT2D eigenvalue weighted by Gasteiger charge is 1.96. The Balaban J connectivity index is 3.08. The third-order valence-electron chi connectivity index (χ3n) is 1.06. The summed E-state index contributed by atoms with van der Waals surface area (Å²) in [5.41, 5.74) is 0. The molecule has 0 spiro atoms. The molecule has 1 N–H and O–H groups in total. The van der Waals surface area contributed by atoms with Crippen LogP contribution in [0.4, 0.5) is 0 Å². The van der Waals surface area contributed by atoms with E-state index in [1.54, 1.807) is 11.8 Å². The van der Waals surface area contributed by atoms with Crippen LogP contribution in [0.1, 0.15) is 20.3 Å². The van der Waals surface area contributed by atoms with Crippen molar-refractivity contribution in [1.82, 2.24) is 0 Å². The molecule has 0 aromatic rings. The van der Waals surface area contributed by atoms with Crippen molar-refractivity contribution < 1.29 is 5.11 Å². The molecule has 0 saturated carbocycles. The molecule has 1 nitrogen and oxygen atoms in total. The highest BCUT2D eigenvalue weighted by molar-refractivity contribution is 7.99. The molecule has 0 aromatic carbocycles. The maximum Gasteiger partial charge on any atom is 0.0547 e. The Hall–Kier alpha value is -0.130. The van der Waals surface area contributed by atoms with E-state index in [0.29, 0.717) is 5.25 Å². The summed E-state index contributed by atoms with van der Waals surface area (Å²) in [7, 11) is 0. The van der Waals surface area contributed by atoms with Gasteiger partial charge in [-0.2, -0.15) is 11.8 Å². The fraction of sp³-hybridized carbons (Fsp3) is 0.750. The van der Waals surface area contributed by atoms with Gasteiger partial charge in [-0.15, -0.1) is 11.8 Å². The van der Waals surface area contributed by atoms with Gasteiger partial charge in [0, 0.05) is 17.4 Å². The zero-order valence-electron chi connectivity index (χ0n) is 6.55. The normalized spacial score (nSPS) is 11.9. The number of hydrogen-bond donors (Lipinski definition) is 1. The van der Waals surface area contributed by atoms with Crippen molar-refractivity contribution in [3.05, 3.63) is 0 Å². The molecule has 0 aliphatic heterocycles. The van der Waals surface area contributed by atoms with Gasteiger partial charge < -0.3 is 5.11 Å². The summed E-state index contributed by atoms with van der Waals surface area (Å²) in [5.74, 6) is 6.84. The van der Waals surface area contributed by atoms with Crippen molar-refractivity contribution in [2.75, 3.05) is 12.4 Å². The first-order valence-corrected chi connectivity index (χ1v) is 4.48. The second-order valence-corrected chi connectivity index (χ2v) is 3.59. The molecular formula is C8H14OS. The van der Waals surface area contributed by atoms with Crippen molar-refractivity contribution in [1.29, 1.82) is 0 Å². The Morgan fingerprint density at radius 3 is 2.80 bits per heavy atom. The Morgan fingerprint density at radius 2 is 2.30 bits per heavy atom. The smallest absolute Gasteiger partial charge is 0.0547 e. The van der Waals surface area contributed by atoms with Crippen molar-refractivity contribution in [3.8, 4) is 11.8 Å². The van der Waals surface area contributed by atoms with Crippen molar-refractivity contribution >= 4 is 11.8 Å². The molecule has 0 rings (SSSR count). The predicted octanol–water partition coefficient (Wildman–Crippen LogP) is 1.51. The zero-order valence-corrected chi connectivity index (χ0v) is 7.37. The average Bonchev–Trinajstić information content (AvgIpc) is 1.98. The molecule has 0 aliphatic rings. The molecule has 0 radical (unpaired) electrons. The van der Waals surface area contributed by atoms with E-state index in [0.717, 1.165) is 12.2 Å². The number of aliphatic hydroxyl groups is 1. The van der Waals surface area contributed by atoms with Crippen LogP contribution in [0, 0.1) is 11.8 Å². The van der Waals surface area contributed by atoms with Crippen LogP contribution in [0.2, 0.25) is 0 Å². The lowest BCUT2D eigenvalue weighted by Gasteiger charge is -2.03. The van der Waals surface area contributed by atoms with Crippen molar-refractivity contribution in [2.24, 2.45) is 0 Å². The molecule has 58 valence electrons. The largest absolute Gasteiger partial charge is 0.395 e. The topological polar surface area (TPSA) is 20.2 Å². The fourth-order valence-electron chi connectivity index (χ4n) is 0.489. The highest BCUT2D eigenvalue weighted by atomic mass is 32.2. The van der Waals surface area contributed by atoms with Crippen molar-refractivity contribution in [3.63, 3.8) is 0 Å². The maximum absolute atomic E-state index is 8.63. The molecule has 0 aromatic heterocycles. The molecule has 0 fully saturated rings. The van der Waals surface area contributed by atoms with Crippen LogP contribution in [0.5, 0.6) is 0 Å². The average molecular weight is 158 g/mol. The van der Waals surface area contributed by atoms with Gasteiger partial charge in [-0.1, -0.05) is 6.92 Å². The minimum absolute atomic E-state index is 0.268. The summed E-state index contributed by atoms with van der Waals surface area (Å²) >= 11 is 1.76. The van der Waals surface area contributed by atoms with E-state index in [1.165, 1.54) is 0 Å². The number of hydrogen-bond acceptors (Lipinski definition) is 2. The van der Waals surface area contributed by atoms with Gasteiger partial charge in [-0.25, -0.2) is 0 Å². The van der Waals surface area contributed by atoms with Crippen LogP contribution in [-0.2, 0) is 0 Å². The Kier molecular flexibility index (Phi) is 6.89. The van der Waals surface area contributed by atoms with Gasteiger partial charge in [0.15, 0.2) is 0 Å². The maximum atomic E-state index is 8.63. The quantitative estimate of drug-likeness (QED) is 0.494. The lowest BCUT2D eigenvalue weighted by Crippen LogP contribution is -2.02. The number of aliphatic hydroxyl groups excluding tert-OH is 1. The van der Waals surface area contributed by atoms with Gasteiger partial charge in [-0.3, -0.25) is 0 Å². The van der Waals surface area contributed by atoms with Gasteiger partial charge in [0.05, 0.1) is 6.61 Å². The van der Waals surface area contributed by atoms with Gasteiger partial charge in [0.25, 0.3) is 0 Å². The second kappa shape index (κ2) is 6.98. The van der Waals surface area contributed by atoms with Gasteiger partial charge in [0.2, 0.25) is 0 Å². The van der Waals surface area contributed by atoms with Crippen LogP contribution in [-0.4, -0.2) is 22.7 Å². The third kappa shape index (κ3) is 6.00. The molecule has 0 aliphatic carbocycles. The Morgan fingerprint density at radius 1 is 1.60 bits per heavy atom. The molecule has 0 saturated heterocycles. The summed E-state index contributed by atoms with van der Waals surface area (Å²) in [5, 5.41) is 8.99. The number of rotatable bonds is 4. The third-order valence-corrected chi connectivity index (χ3v) is 2.22. The van der Waals surface area contributed by atoms with E-state index in [4.69, 9.17) is 5.11 Å². The fourth-order valence-corrected chi connectivity index (χ4v) is 1.22. The van der Waals surface area contributed by atoms with Crippen LogP contribution in [0.3, 0.4) is 0 Å². The first-order chi connectivity index (χ1) is 4.81. The summed E-state index contributed by atoms with van der Waals surface area (Å²) in [6, 6.07) is 0. The van der Waals surface area contributed by atoms with E-state index in [9.17, 15) is 0 Å². The minimum atomic E-state index is 0.268. The predicted molar refractivity (Wildman–Crippen MR) is 47.1 cm³/mol. The van der Waals surface area contributed by atoms with Gasteiger partial charge >= 0.3 is 0 Å². The van der Waals surface area contributed by atoms with E-state index < -0.39 is 0 Å². The van der Waals surface area contributed by atoms with E-state index in [1.807, 2.05) is 13.8 Å². The highest BCUT2D eigenvalue weighted by Crippen LogP contribution is 2.09. The van der Waals surface area contributed by atoms with Crippen LogP contribution >= 0.6 is 11.8 Å². The second-order valence-electron chi connectivity index (χ2n) is 2.04. The van der Waals surface area contributed by atoms with E-state index in [-0.39, 0.29) is 6.61 Å². The van der Waals surface area contributed by atoms with E-state index in [2.05, 4.69) is 11.8 Å². The molecule has 1 atom stereocenters. The minimum Gasteiger partial charge on any atom is -0.395 e. The summed E-state index contributed by atoms with van der Waals surface area (Å²) in [6.07, 6.45) is 0.936. The first-order valence-electron chi connectivity index (χ1n) is 3.43. The Labute approximate surface area is 67.2 Å². The summed E-state index contributed by atoms with van der Waals surface area (Å²) in [6.45, 7) is 4.13. The molecule has 10 heavy (non-hydrogen) atoms. The Bertz CT molecular complexity index is 123. The van der Waals surface area contributed by atoms with Gasteiger partial charge in [0.1, 0.15) is 0 Å². The molecule has 0 amide bonds. The number of thioether (sulfide) groups is 1. The van der Waals surface area contributed by atoms with Crippen LogP contribution < -0.4 is 0 Å².